The number of benzene rings is 1. The van der Waals surface area contributed by atoms with Crippen LogP contribution in [0.25, 0.3) is 10.9 Å². The molecular weight excluding hydrogens is 218 g/mol. The lowest BCUT2D eigenvalue weighted by Crippen LogP contribution is -1.93. The summed E-state index contributed by atoms with van der Waals surface area (Å²) in [5.41, 5.74) is 2.82. The lowest BCUT2D eigenvalue weighted by atomic mass is 10.1. The van der Waals surface area contributed by atoms with Gasteiger partial charge in [-0.3, -0.25) is 4.79 Å². The third-order valence-electron chi connectivity index (χ3n) is 2.45. The third kappa shape index (κ3) is 1.95. The minimum atomic E-state index is 0.685. The molecule has 1 aromatic heterocycles. The van der Waals surface area contributed by atoms with E-state index < -0.39 is 0 Å². The number of aryl methyl sites for hydroxylation is 1. The number of thioether (sulfide) groups is 1. The second-order valence-corrected chi connectivity index (χ2v) is 4.83. The summed E-state index contributed by atoms with van der Waals surface area (Å²) in [5, 5.41) is 1.86. The summed E-state index contributed by atoms with van der Waals surface area (Å²) in [6, 6.07) is 7.93. The molecule has 2 aromatic rings. The van der Waals surface area contributed by atoms with E-state index >= 15 is 0 Å². The molecule has 1 heterocycles. The molecule has 0 aliphatic carbocycles. The molecule has 0 aliphatic rings. The monoisotopic (exact) mass is 231 g/mol. The molecule has 16 heavy (non-hydrogen) atoms. The molecule has 0 atom stereocenters. The summed E-state index contributed by atoms with van der Waals surface area (Å²) in [7, 11) is 0. The van der Waals surface area contributed by atoms with Gasteiger partial charge in [0.2, 0.25) is 0 Å². The SMILES string of the molecule is CCSc1nc2c(C)cccc2cc1C=O. The molecular formula is C13H13NOS. The number of hydrogen-bond donors (Lipinski definition) is 0. The molecule has 0 saturated carbocycles. The van der Waals surface area contributed by atoms with Gasteiger partial charge in [-0.2, -0.15) is 0 Å². The zero-order valence-corrected chi connectivity index (χ0v) is 10.2. The number of para-hydroxylation sites is 1. The average Bonchev–Trinajstić information content (AvgIpc) is 2.30. The minimum absolute atomic E-state index is 0.685. The number of carbonyl (C=O) groups excluding carboxylic acids is 1. The first-order valence-corrected chi connectivity index (χ1v) is 6.23. The zero-order valence-electron chi connectivity index (χ0n) is 9.36. The van der Waals surface area contributed by atoms with Crippen LogP contribution < -0.4 is 0 Å². The fraction of sp³-hybridized carbons (Fsp3) is 0.231. The maximum atomic E-state index is 11.0. The quantitative estimate of drug-likeness (QED) is 0.598. The highest BCUT2D eigenvalue weighted by Gasteiger charge is 2.07. The number of fused-ring (bicyclic) bond motifs is 1. The maximum absolute atomic E-state index is 11.0. The molecule has 3 heteroatoms. The van der Waals surface area contributed by atoms with Gasteiger partial charge in [0.1, 0.15) is 5.03 Å². The predicted octanol–water partition coefficient (Wildman–Crippen LogP) is 3.47. The molecule has 0 radical (unpaired) electrons. The summed E-state index contributed by atoms with van der Waals surface area (Å²) >= 11 is 1.61. The molecule has 0 amide bonds. The van der Waals surface area contributed by atoms with Crippen LogP contribution >= 0.6 is 11.8 Å². The summed E-state index contributed by atoms with van der Waals surface area (Å²) in [4.78, 5) is 15.5. The van der Waals surface area contributed by atoms with Crippen LogP contribution in [0.15, 0.2) is 29.3 Å². The average molecular weight is 231 g/mol. The highest BCUT2D eigenvalue weighted by molar-refractivity contribution is 7.99. The Morgan fingerprint density at radius 2 is 2.25 bits per heavy atom. The van der Waals surface area contributed by atoms with E-state index in [-0.39, 0.29) is 0 Å². The molecule has 0 unspecified atom stereocenters. The smallest absolute Gasteiger partial charge is 0.152 e. The van der Waals surface area contributed by atoms with Crippen LogP contribution in [-0.2, 0) is 0 Å². The van der Waals surface area contributed by atoms with Gasteiger partial charge in [0.05, 0.1) is 5.52 Å². The Kier molecular flexibility index (Phi) is 3.25. The Bertz CT molecular complexity index is 537. The van der Waals surface area contributed by atoms with Crippen LogP contribution in [0.3, 0.4) is 0 Å². The highest BCUT2D eigenvalue weighted by atomic mass is 32.2. The number of aromatic nitrogens is 1. The van der Waals surface area contributed by atoms with Gasteiger partial charge in [-0.1, -0.05) is 25.1 Å². The van der Waals surface area contributed by atoms with Crippen LogP contribution in [-0.4, -0.2) is 17.0 Å². The number of hydrogen-bond acceptors (Lipinski definition) is 3. The second kappa shape index (κ2) is 4.66. The molecule has 82 valence electrons. The molecule has 0 N–H and O–H groups in total. The molecule has 0 saturated heterocycles. The van der Waals surface area contributed by atoms with Crippen LogP contribution in [0, 0.1) is 6.92 Å². The molecule has 0 fully saturated rings. The van der Waals surface area contributed by atoms with Crippen molar-refractivity contribution >= 4 is 29.0 Å². The third-order valence-corrected chi connectivity index (χ3v) is 3.34. The van der Waals surface area contributed by atoms with Crippen molar-refractivity contribution in [2.45, 2.75) is 18.9 Å². The molecule has 1 aromatic carbocycles. The lowest BCUT2D eigenvalue weighted by molar-refractivity contribution is 0.112. The van der Waals surface area contributed by atoms with Gasteiger partial charge < -0.3 is 0 Å². The van der Waals surface area contributed by atoms with E-state index in [1.54, 1.807) is 11.8 Å². The first kappa shape index (κ1) is 11.1. The van der Waals surface area contributed by atoms with Gasteiger partial charge in [0, 0.05) is 10.9 Å². The topological polar surface area (TPSA) is 30.0 Å². The Morgan fingerprint density at radius 3 is 2.94 bits per heavy atom. The Morgan fingerprint density at radius 1 is 1.44 bits per heavy atom. The van der Waals surface area contributed by atoms with Crippen molar-refractivity contribution in [3.8, 4) is 0 Å². The van der Waals surface area contributed by atoms with E-state index in [0.717, 1.165) is 33.5 Å². The fourth-order valence-electron chi connectivity index (χ4n) is 1.68. The van der Waals surface area contributed by atoms with Crippen LogP contribution in [0.1, 0.15) is 22.8 Å². The zero-order chi connectivity index (χ0) is 11.5. The standard InChI is InChI=1S/C13H13NOS/c1-3-16-13-11(8-15)7-10-6-4-5-9(2)12(10)14-13/h4-8H,3H2,1-2H3. The Labute approximate surface area is 99.1 Å². The van der Waals surface area contributed by atoms with E-state index in [2.05, 4.69) is 11.9 Å². The van der Waals surface area contributed by atoms with Crippen molar-refractivity contribution in [3.05, 3.63) is 35.4 Å². The van der Waals surface area contributed by atoms with Gasteiger partial charge in [-0.15, -0.1) is 11.8 Å². The van der Waals surface area contributed by atoms with Crippen LogP contribution in [0.2, 0.25) is 0 Å². The summed E-state index contributed by atoms with van der Waals surface area (Å²) in [6.07, 6.45) is 0.882. The molecule has 0 aliphatic heterocycles. The molecule has 0 spiro atoms. The number of carbonyl (C=O) groups is 1. The molecule has 0 bridgehead atoms. The van der Waals surface area contributed by atoms with Gasteiger partial charge in [0.15, 0.2) is 6.29 Å². The van der Waals surface area contributed by atoms with Gasteiger partial charge in [-0.05, 0) is 24.3 Å². The van der Waals surface area contributed by atoms with Crippen molar-refractivity contribution in [3.63, 3.8) is 0 Å². The number of nitrogens with zero attached hydrogens (tertiary/aromatic N) is 1. The van der Waals surface area contributed by atoms with Crippen LogP contribution in [0.5, 0.6) is 0 Å². The summed E-state index contributed by atoms with van der Waals surface area (Å²) in [5.74, 6) is 0.922. The predicted molar refractivity (Wildman–Crippen MR) is 68.3 cm³/mol. The fourth-order valence-corrected chi connectivity index (χ4v) is 2.39. The Hall–Kier alpha value is -1.35. The molecule has 2 rings (SSSR count). The van der Waals surface area contributed by atoms with Gasteiger partial charge >= 0.3 is 0 Å². The Balaban J connectivity index is 2.70. The van der Waals surface area contributed by atoms with E-state index in [0.29, 0.717) is 5.56 Å². The van der Waals surface area contributed by atoms with Crippen molar-refractivity contribution in [2.75, 3.05) is 5.75 Å². The van der Waals surface area contributed by atoms with E-state index in [9.17, 15) is 4.79 Å². The first-order chi connectivity index (χ1) is 7.76. The normalized spacial score (nSPS) is 10.6. The summed E-state index contributed by atoms with van der Waals surface area (Å²) in [6.45, 7) is 4.10. The largest absolute Gasteiger partial charge is 0.298 e. The van der Waals surface area contributed by atoms with E-state index in [4.69, 9.17) is 0 Å². The van der Waals surface area contributed by atoms with Crippen molar-refractivity contribution in [1.29, 1.82) is 0 Å². The number of rotatable bonds is 3. The van der Waals surface area contributed by atoms with Crippen molar-refractivity contribution in [2.24, 2.45) is 0 Å². The van der Waals surface area contributed by atoms with Gasteiger partial charge in [0.25, 0.3) is 0 Å². The molecule has 2 nitrogen and oxygen atoms in total. The van der Waals surface area contributed by atoms with Crippen molar-refractivity contribution in [1.82, 2.24) is 4.98 Å². The second-order valence-electron chi connectivity index (χ2n) is 3.58. The summed E-state index contributed by atoms with van der Waals surface area (Å²) < 4.78 is 0. The highest BCUT2D eigenvalue weighted by Crippen LogP contribution is 2.25. The number of aldehydes is 1. The first-order valence-electron chi connectivity index (χ1n) is 5.24. The van der Waals surface area contributed by atoms with Crippen LogP contribution in [0.4, 0.5) is 0 Å². The number of pyridine rings is 1. The minimum Gasteiger partial charge on any atom is -0.298 e. The van der Waals surface area contributed by atoms with E-state index in [1.807, 2.05) is 31.2 Å². The van der Waals surface area contributed by atoms with Gasteiger partial charge in [-0.25, -0.2) is 4.98 Å². The maximum Gasteiger partial charge on any atom is 0.152 e. The van der Waals surface area contributed by atoms with E-state index in [1.165, 1.54) is 0 Å². The van der Waals surface area contributed by atoms with Crippen molar-refractivity contribution < 1.29 is 4.79 Å². The lowest BCUT2D eigenvalue weighted by Gasteiger charge is -2.06.